The molecule has 2 saturated carbocycles. The van der Waals surface area contributed by atoms with Crippen molar-refractivity contribution in [2.24, 2.45) is 5.92 Å². The van der Waals surface area contributed by atoms with Crippen LogP contribution < -0.4 is 10.6 Å². The predicted molar refractivity (Wildman–Crippen MR) is 115 cm³/mol. The molecule has 5 nitrogen and oxygen atoms in total. The SMILES string of the molecule is Cc1c(C(=O)Nc2ccc([C@@H]3C[C@H]3NCC3CC3)cc2)cnn1-c1ccccc1. The number of anilines is 1. The minimum Gasteiger partial charge on any atom is -0.322 e. The fourth-order valence-electron chi connectivity index (χ4n) is 3.90. The average molecular weight is 386 g/mol. The Kier molecular flexibility index (Phi) is 4.68. The molecule has 5 heteroatoms. The molecule has 2 fully saturated rings. The van der Waals surface area contributed by atoms with Gasteiger partial charge in [0.1, 0.15) is 0 Å². The van der Waals surface area contributed by atoms with Crippen LogP contribution in [-0.2, 0) is 0 Å². The number of aromatic nitrogens is 2. The predicted octanol–water partition coefficient (Wildman–Crippen LogP) is 4.29. The van der Waals surface area contributed by atoms with Gasteiger partial charge in [0, 0.05) is 17.6 Å². The molecule has 29 heavy (non-hydrogen) atoms. The first kappa shape index (κ1) is 18.1. The molecule has 0 aliphatic heterocycles. The van der Waals surface area contributed by atoms with E-state index in [1.807, 2.05) is 49.4 Å². The zero-order valence-corrected chi connectivity index (χ0v) is 16.6. The van der Waals surface area contributed by atoms with E-state index in [2.05, 4.69) is 27.9 Å². The summed E-state index contributed by atoms with van der Waals surface area (Å²) in [6.45, 7) is 3.09. The smallest absolute Gasteiger partial charge is 0.259 e. The molecule has 2 aliphatic carbocycles. The van der Waals surface area contributed by atoms with Gasteiger partial charge in [-0.25, -0.2) is 4.68 Å². The van der Waals surface area contributed by atoms with Crippen LogP contribution in [0.25, 0.3) is 5.69 Å². The van der Waals surface area contributed by atoms with E-state index < -0.39 is 0 Å². The summed E-state index contributed by atoms with van der Waals surface area (Å²) in [4.78, 5) is 12.7. The summed E-state index contributed by atoms with van der Waals surface area (Å²) in [6.07, 6.45) is 5.63. The van der Waals surface area contributed by atoms with E-state index in [1.54, 1.807) is 10.9 Å². The molecule has 0 saturated heterocycles. The number of carbonyl (C=O) groups is 1. The number of carbonyl (C=O) groups excluding carboxylic acids is 1. The molecule has 3 aromatic rings. The van der Waals surface area contributed by atoms with Gasteiger partial charge in [0.05, 0.1) is 23.1 Å². The van der Waals surface area contributed by atoms with Crippen LogP contribution in [0.2, 0.25) is 0 Å². The molecule has 2 atom stereocenters. The number of nitrogens with one attached hydrogen (secondary N) is 2. The summed E-state index contributed by atoms with van der Waals surface area (Å²) < 4.78 is 1.79. The third kappa shape index (κ3) is 3.96. The lowest BCUT2D eigenvalue weighted by Gasteiger charge is -2.08. The van der Waals surface area contributed by atoms with E-state index >= 15 is 0 Å². The van der Waals surface area contributed by atoms with Crippen molar-refractivity contribution in [2.75, 3.05) is 11.9 Å². The molecule has 0 radical (unpaired) electrons. The minimum absolute atomic E-state index is 0.132. The minimum atomic E-state index is -0.132. The summed E-state index contributed by atoms with van der Waals surface area (Å²) in [5, 5.41) is 11.1. The van der Waals surface area contributed by atoms with Gasteiger partial charge in [-0.15, -0.1) is 0 Å². The lowest BCUT2D eigenvalue weighted by Crippen LogP contribution is -2.20. The van der Waals surface area contributed by atoms with Crippen LogP contribution in [0.4, 0.5) is 5.69 Å². The van der Waals surface area contributed by atoms with E-state index in [1.165, 1.54) is 31.4 Å². The molecule has 1 aromatic heterocycles. The van der Waals surface area contributed by atoms with Gasteiger partial charge >= 0.3 is 0 Å². The van der Waals surface area contributed by atoms with Gasteiger partial charge in [-0.2, -0.15) is 5.10 Å². The maximum atomic E-state index is 12.7. The van der Waals surface area contributed by atoms with E-state index in [-0.39, 0.29) is 5.91 Å². The van der Waals surface area contributed by atoms with Gasteiger partial charge in [-0.3, -0.25) is 4.79 Å². The van der Waals surface area contributed by atoms with Crippen molar-refractivity contribution >= 4 is 11.6 Å². The molecule has 5 rings (SSSR count). The van der Waals surface area contributed by atoms with Gasteiger partial charge in [0.25, 0.3) is 5.91 Å². The third-order valence-electron chi connectivity index (χ3n) is 6.01. The van der Waals surface area contributed by atoms with E-state index in [0.29, 0.717) is 17.5 Å². The number of nitrogens with zero attached hydrogens (tertiary/aromatic N) is 2. The average Bonchev–Trinajstić information content (AvgIpc) is 3.66. The first-order valence-corrected chi connectivity index (χ1v) is 10.4. The fraction of sp³-hybridized carbons (Fsp3) is 0.333. The second kappa shape index (κ2) is 7.48. The molecular weight excluding hydrogens is 360 g/mol. The topological polar surface area (TPSA) is 59.0 Å². The molecule has 0 bridgehead atoms. The molecule has 0 unspecified atom stereocenters. The highest BCUT2D eigenvalue weighted by atomic mass is 16.1. The third-order valence-corrected chi connectivity index (χ3v) is 6.01. The molecule has 1 amide bonds. The lowest BCUT2D eigenvalue weighted by atomic mass is 10.1. The van der Waals surface area contributed by atoms with Crippen molar-refractivity contribution < 1.29 is 4.79 Å². The number of amides is 1. The fourth-order valence-corrected chi connectivity index (χ4v) is 3.90. The second-order valence-electron chi connectivity index (χ2n) is 8.27. The highest BCUT2D eigenvalue weighted by molar-refractivity contribution is 6.05. The first-order valence-electron chi connectivity index (χ1n) is 10.4. The Bertz CT molecular complexity index is 1010. The zero-order valence-electron chi connectivity index (χ0n) is 16.6. The van der Waals surface area contributed by atoms with Crippen LogP contribution in [0.15, 0.2) is 60.8 Å². The van der Waals surface area contributed by atoms with Crippen molar-refractivity contribution in [1.82, 2.24) is 15.1 Å². The van der Waals surface area contributed by atoms with E-state index in [0.717, 1.165) is 23.0 Å². The quantitative estimate of drug-likeness (QED) is 0.637. The van der Waals surface area contributed by atoms with Crippen LogP contribution in [-0.4, -0.2) is 28.3 Å². The molecule has 148 valence electrons. The van der Waals surface area contributed by atoms with E-state index in [9.17, 15) is 4.79 Å². The zero-order chi connectivity index (χ0) is 19.8. The normalized spacial score (nSPS) is 20.4. The molecule has 2 aliphatic rings. The Hall–Kier alpha value is -2.92. The van der Waals surface area contributed by atoms with Crippen LogP contribution in [0.1, 0.15) is 46.8 Å². The number of benzene rings is 2. The van der Waals surface area contributed by atoms with Crippen molar-refractivity contribution in [2.45, 2.75) is 38.1 Å². The van der Waals surface area contributed by atoms with Crippen molar-refractivity contribution in [3.8, 4) is 5.69 Å². The van der Waals surface area contributed by atoms with Gasteiger partial charge in [-0.05, 0) is 68.5 Å². The molecule has 2 N–H and O–H groups in total. The largest absolute Gasteiger partial charge is 0.322 e. The maximum Gasteiger partial charge on any atom is 0.259 e. The maximum absolute atomic E-state index is 12.7. The Morgan fingerprint density at radius 1 is 1.10 bits per heavy atom. The van der Waals surface area contributed by atoms with Crippen molar-refractivity contribution in [1.29, 1.82) is 0 Å². The van der Waals surface area contributed by atoms with Gasteiger partial charge in [0.2, 0.25) is 0 Å². The van der Waals surface area contributed by atoms with Gasteiger partial charge in [-0.1, -0.05) is 30.3 Å². The van der Waals surface area contributed by atoms with Crippen LogP contribution in [0, 0.1) is 12.8 Å². The van der Waals surface area contributed by atoms with Crippen LogP contribution in [0.3, 0.4) is 0 Å². The summed E-state index contributed by atoms with van der Waals surface area (Å²) in [6, 6.07) is 18.7. The molecular formula is C24H26N4O. The number of hydrogen-bond donors (Lipinski definition) is 2. The first-order chi connectivity index (χ1) is 14.2. The molecule has 2 aromatic carbocycles. The Morgan fingerprint density at radius 2 is 1.86 bits per heavy atom. The Morgan fingerprint density at radius 3 is 2.59 bits per heavy atom. The Labute approximate surface area is 171 Å². The number of para-hydroxylation sites is 1. The number of rotatable bonds is 7. The van der Waals surface area contributed by atoms with Crippen molar-refractivity contribution in [3.05, 3.63) is 77.6 Å². The summed E-state index contributed by atoms with van der Waals surface area (Å²) in [5.74, 6) is 1.40. The lowest BCUT2D eigenvalue weighted by molar-refractivity contribution is 0.102. The highest BCUT2D eigenvalue weighted by Gasteiger charge is 2.38. The van der Waals surface area contributed by atoms with Crippen LogP contribution in [0.5, 0.6) is 0 Å². The van der Waals surface area contributed by atoms with Gasteiger partial charge in [0.15, 0.2) is 0 Å². The van der Waals surface area contributed by atoms with Crippen molar-refractivity contribution in [3.63, 3.8) is 0 Å². The second-order valence-corrected chi connectivity index (χ2v) is 8.27. The summed E-state index contributed by atoms with van der Waals surface area (Å²) >= 11 is 0. The summed E-state index contributed by atoms with van der Waals surface area (Å²) in [7, 11) is 0. The highest BCUT2D eigenvalue weighted by Crippen LogP contribution is 2.41. The monoisotopic (exact) mass is 386 g/mol. The molecule has 1 heterocycles. The van der Waals surface area contributed by atoms with Gasteiger partial charge < -0.3 is 10.6 Å². The number of hydrogen-bond acceptors (Lipinski definition) is 3. The standard InChI is InChI=1S/C24H26N4O/c1-16-22(15-26-28(16)20-5-3-2-4-6-20)24(29)27-19-11-9-18(10-12-19)21-13-23(21)25-14-17-7-8-17/h2-6,9-12,15,17,21,23,25H,7-8,13-14H2,1H3,(H,27,29)/t21-,23+/m0/s1. The Balaban J connectivity index is 1.22. The van der Waals surface area contributed by atoms with E-state index in [4.69, 9.17) is 0 Å². The molecule has 0 spiro atoms. The summed E-state index contributed by atoms with van der Waals surface area (Å²) in [5.41, 5.74) is 4.53. The van der Waals surface area contributed by atoms with Crippen LogP contribution >= 0.6 is 0 Å².